The smallest absolute Gasteiger partial charge is 0.224 e. The highest BCUT2D eigenvalue weighted by Crippen LogP contribution is 2.27. The van der Waals surface area contributed by atoms with Crippen LogP contribution >= 0.6 is 11.6 Å². The summed E-state index contributed by atoms with van der Waals surface area (Å²) < 4.78 is 24.5. The van der Waals surface area contributed by atoms with E-state index >= 15 is 0 Å². The van der Waals surface area contributed by atoms with E-state index in [-0.39, 0.29) is 11.2 Å². The Bertz CT molecular complexity index is 583. The molecular formula is C12H19ClN4O2S. The normalized spacial score (nSPS) is 17.8. The van der Waals surface area contributed by atoms with Crippen molar-refractivity contribution in [3.8, 4) is 0 Å². The van der Waals surface area contributed by atoms with E-state index in [2.05, 4.69) is 28.7 Å². The molecule has 1 aliphatic rings. The number of nitrogens with zero attached hydrogens (tertiary/aromatic N) is 4. The second kappa shape index (κ2) is 5.83. The minimum absolute atomic E-state index is 0.218. The maximum absolute atomic E-state index is 11.5. The number of piperazine rings is 1. The van der Waals surface area contributed by atoms with Gasteiger partial charge in [-0.05, 0) is 17.5 Å². The molecule has 1 aliphatic heterocycles. The summed E-state index contributed by atoms with van der Waals surface area (Å²) in [6.45, 7) is 6.31. The van der Waals surface area contributed by atoms with E-state index in [0.29, 0.717) is 26.2 Å². The van der Waals surface area contributed by atoms with Gasteiger partial charge in [0.05, 0.1) is 6.26 Å². The standard InChI is InChI=1S/C12H19ClN4O2S/c1-9(2)10-8-14-12(13)15-11(10)16-4-6-17(7-5-16)20(3,18)19/h8-9H,4-7H2,1-3H3. The van der Waals surface area contributed by atoms with E-state index in [9.17, 15) is 8.42 Å². The van der Waals surface area contributed by atoms with Crippen LogP contribution in [0.4, 0.5) is 5.82 Å². The lowest BCUT2D eigenvalue weighted by molar-refractivity contribution is 0.386. The Labute approximate surface area is 124 Å². The minimum atomic E-state index is -3.12. The molecule has 0 bridgehead atoms. The van der Waals surface area contributed by atoms with Gasteiger partial charge >= 0.3 is 0 Å². The molecule has 112 valence electrons. The average molecular weight is 319 g/mol. The monoisotopic (exact) mass is 318 g/mol. The molecule has 0 spiro atoms. The van der Waals surface area contributed by atoms with Crippen LogP contribution in [0.3, 0.4) is 0 Å². The van der Waals surface area contributed by atoms with Gasteiger partial charge in [0.2, 0.25) is 15.3 Å². The molecule has 0 aliphatic carbocycles. The largest absolute Gasteiger partial charge is 0.354 e. The van der Waals surface area contributed by atoms with Gasteiger partial charge in [0, 0.05) is 37.9 Å². The highest BCUT2D eigenvalue weighted by molar-refractivity contribution is 7.88. The molecule has 0 aromatic carbocycles. The summed E-state index contributed by atoms with van der Waals surface area (Å²) in [6, 6.07) is 0. The van der Waals surface area contributed by atoms with Crippen molar-refractivity contribution in [2.45, 2.75) is 19.8 Å². The fourth-order valence-corrected chi connectivity index (χ4v) is 3.21. The SMILES string of the molecule is CC(C)c1cnc(Cl)nc1N1CCN(S(C)(=O)=O)CC1. The molecule has 0 N–H and O–H groups in total. The van der Waals surface area contributed by atoms with Crippen LogP contribution in [0.1, 0.15) is 25.3 Å². The highest BCUT2D eigenvalue weighted by Gasteiger charge is 2.26. The quantitative estimate of drug-likeness (QED) is 0.787. The second-order valence-electron chi connectivity index (χ2n) is 5.22. The van der Waals surface area contributed by atoms with Crippen molar-refractivity contribution in [1.29, 1.82) is 0 Å². The zero-order valence-electron chi connectivity index (χ0n) is 11.9. The third kappa shape index (κ3) is 3.39. The van der Waals surface area contributed by atoms with Crippen molar-refractivity contribution < 1.29 is 8.42 Å². The first kappa shape index (κ1) is 15.5. The first-order valence-electron chi connectivity index (χ1n) is 6.51. The maximum Gasteiger partial charge on any atom is 0.224 e. The molecule has 2 rings (SSSR count). The number of hydrogen-bond donors (Lipinski definition) is 0. The predicted octanol–water partition coefficient (Wildman–Crippen LogP) is 1.33. The highest BCUT2D eigenvalue weighted by atomic mass is 35.5. The van der Waals surface area contributed by atoms with Gasteiger partial charge in [0.15, 0.2) is 0 Å². The van der Waals surface area contributed by atoms with Crippen molar-refractivity contribution in [3.63, 3.8) is 0 Å². The van der Waals surface area contributed by atoms with Crippen molar-refractivity contribution in [1.82, 2.24) is 14.3 Å². The Morgan fingerprint density at radius 1 is 1.25 bits per heavy atom. The van der Waals surface area contributed by atoms with E-state index in [4.69, 9.17) is 11.6 Å². The van der Waals surface area contributed by atoms with Crippen LogP contribution in [0.5, 0.6) is 0 Å². The van der Waals surface area contributed by atoms with Gasteiger partial charge in [0.25, 0.3) is 0 Å². The maximum atomic E-state index is 11.5. The van der Waals surface area contributed by atoms with E-state index in [1.54, 1.807) is 6.20 Å². The van der Waals surface area contributed by atoms with Crippen LogP contribution in [0, 0.1) is 0 Å². The van der Waals surface area contributed by atoms with Gasteiger partial charge in [-0.3, -0.25) is 0 Å². The first-order chi connectivity index (χ1) is 9.29. The Kier molecular flexibility index (Phi) is 4.51. The van der Waals surface area contributed by atoms with E-state index in [1.165, 1.54) is 10.6 Å². The first-order valence-corrected chi connectivity index (χ1v) is 8.74. The van der Waals surface area contributed by atoms with Gasteiger partial charge < -0.3 is 4.90 Å². The molecule has 2 heterocycles. The summed E-state index contributed by atoms with van der Waals surface area (Å²) in [6.07, 6.45) is 2.99. The molecule has 0 unspecified atom stereocenters. The average Bonchev–Trinajstić information content (AvgIpc) is 2.37. The Morgan fingerprint density at radius 3 is 2.35 bits per heavy atom. The number of aromatic nitrogens is 2. The fraction of sp³-hybridized carbons (Fsp3) is 0.667. The molecule has 8 heteroatoms. The summed E-state index contributed by atoms with van der Waals surface area (Å²) in [5, 5.41) is 0.218. The van der Waals surface area contributed by atoms with Gasteiger partial charge in [-0.2, -0.15) is 4.31 Å². The van der Waals surface area contributed by atoms with E-state index < -0.39 is 10.0 Å². The molecule has 1 aromatic rings. The molecule has 0 radical (unpaired) electrons. The number of rotatable bonds is 3. The van der Waals surface area contributed by atoms with Gasteiger partial charge in [0.1, 0.15) is 5.82 Å². The second-order valence-corrected chi connectivity index (χ2v) is 7.54. The summed E-state index contributed by atoms with van der Waals surface area (Å²) in [5.74, 6) is 1.10. The van der Waals surface area contributed by atoms with Crippen LogP contribution in [-0.2, 0) is 10.0 Å². The number of anilines is 1. The van der Waals surface area contributed by atoms with Crippen LogP contribution in [0.25, 0.3) is 0 Å². The molecule has 0 amide bonds. The number of hydrogen-bond acceptors (Lipinski definition) is 5. The lowest BCUT2D eigenvalue weighted by Gasteiger charge is -2.35. The molecule has 20 heavy (non-hydrogen) atoms. The zero-order chi connectivity index (χ0) is 14.9. The topological polar surface area (TPSA) is 66.4 Å². The Balaban J connectivity index is 2.20. The van der Waals surface area contributed by atoms with Crippen LogP contribution in [0.15, 0.2) is 6.20 Å². The van der Waals surface area contributed by atoms with E-state index in [1.807, 2.05) is 0 Å². The molecule has 6 nitrogen and oxygen atoms in total. The summed E-state index contributed by atoms with van der Waals surface area (Å²) >= 11 is 5.89. The molecule has 1 aromatic heterocycles. The van der Waals surface area contributed by atoms with Gasteiger partial charge in [-0.25, -0.2) is 18.4 Å². The molecule has 0 saturated carbocycles. The predicted molar refractivity (Wildman–Crippen MR) is 79.8 cm³/mol. The lowest BCUT2D eigenvalue weighted by Crippen LogP contribution is -2.48. The molecule has 1 saturated heterocycles. The summed E-state index contributed by atoms with van der Waals surface area (Å²) in [4.78, 5) is 10.4. The van der Waals surface area contributed by atoms with Crippen molar-refractivity contribution in [2.75, 3.05) is 37.3 Å². The van der Waals surface area contributed by atoms with Crippen LogP contribution < -0.4 is 4.90 Å². The summed E-state index contributed by atoms with van der Waals surface area (Å²) in [5.41, 5.74) is 1.03. The van der Waals surface area contributed by atoms with Gasteiger partial charge in [-0.1, -0.05) is 13.8 Å². The molecular weight excluding hydrogens is 300 g/mol. The van der Waals surface area contributed by atoms with Crippen molar-refractivity contribution >= 4 is 27.4 Å². The van der Waals surface area contributed by atoms with Gasteiger partial charge in [-0.15, -0.1) is 0 Å². The van der Waals surface area contributed by atoms with Crippen LogP contribution in [-0.4, -0.2) is 55.1 Å². The molecule has 1 fully saturated rings. The van der Waals surface area contributed by atoms with Crippen LogP contribution in [0.2, 0.25) is 5.28 Å². The van der Waals surface area contributed by atoms with E-state index in [0.717, 1.165) is 11.4 Å². The van der Waals surface area contributed by atoms with Crippen molar-refractivity contribution in [2.24, 2.45) is 0 Å². The summed E-state index contributed by atoms with van der Waals surface area (Å²) in [7, 11) is -3.12. The lowest BCUT2D eigenvalue weighted by atomic mass is 10.1. The zero-order valence-corrected chi connectivity index (χ0v) is 13.4. The third-order valence-corrected chi connectivity index (χ3v) is 4.88. The minimum Gasteiger partial charge on any atom is -0.354 e. The Hall–Kier alpha value is -0.920. The third-order valence-electron chi connectivity index (χ3n) is 3.40. The number of halogens is 1. The van der Waals surface area contributed by atoms with Crippen molar-refractivity contribution in [3.05, 3.63) is 17.0 Å². The number of sulfonamides is 1. The molecule has 0 atom stereocenters. The Morgan fingerprint density at radius 2 is 1.85 bits per heavy atom. The fourth-order valence-electron chi connectivity index (χ4n) is 2.25.